The molecule has 0 unspecified atom stereocenters. The summed E-state index contributed by atoms with van der Waals surface area (Å²) in [6.07, 6.45) is 1.59. The molecule has 6 heteroatoms. The number of rotatable bonds is 8. The van der Waals surface area contributed by atoms with Crippen LogP contribution < -0.4 is 0 Å². The Morgan fingerprint density at radius 1 is 1.17 bits per heavy atom. The minimum Gasteiger partial charge on any atom is -0.469 e. The van der Waals surface area contributed by atoms with Crippen molar-refractivity contribution in [3.05, 3.63) is 41.7 Å². The molecule has 126 valence electrons. The lowest BCUT2D eigenvalue weighted by Crippen LogP contribution is -2.34. The first-order chi connectivity index (χ1) is 11.0. The molecule has 23 heavy (non-hydrogen) atoms. The van der Waals surface area contributed by atoms with Crippen molar-refractivity contribution in [2.24, 2.45) is 0 Å². The minimum atomic E-state index is -0.376. The Hall–Kier alpha value is -2.21. The predicted molar refractivity (Wildman–Crippen MR) is 85.1 cm³/mol. The molecular weight excluding hydrogens is 301 g/mol. The monoisotopic (exact) mass is 323 g/mol. The van der Waals surface area contributed by atoms with Gasteiger partial charge in [-0.3, -0.25) is 9.59 Å². The number of ether oxygens (including phenoxy) is 2. The summed E-state index contributed by atoms with van der Waals surface area (Å²) in [5.41, 5.74) is 1.48. The normalized spacial score (nSPS) is 11.2. The van der Waals surface area contributed by atoms with Gasteiger partial charge in [0.15, 0.2) is 0 Å². The van der Waals surface area contributed by atoms with Gasteiger partial charge in [0.25, 0.3) is 0 Å². The molecule has 1 aromatic rings. The Bertz CT molecular complexity index is 554. The molecule has 0 heterocycles. The Balaban J connectivity index is 2.79. The molecule has 0 aliphatic heterocycles. The van der Waals surface area contributed by atoms with Crippen molar-refractivity contribution in [3.8, 4) is 0 Å². The number of allylic oxidation sites excluding steroid dienone is 1. The smallest absolute Gasteiger partial charge is 0.307 e. The second kappa shape index (κ2) is 9.74. The number of esters is 1. The number of hydrogen-bond acceptors (Lipinski definition) is 4. The molecule has 5 nitrogen and oxygen atoms in total. The number of hydrogen-bond donors (Lipinski definition) is 0. The van der Waals surface area contributed by atoms with Crippen LogP contribution in [-0.4, -0.2) is 50.7 Å². The minimum absolute atomic E-state index is 0.120. The molecule has 0 radical (unpaired) electrons. The van der Waals surface area contributed by atoms with Gasteiger partial charge in [-0.15, -0.1) is 0 Å². The number of nitrogens with zero attached hydrogens (tertiary/aromatic N) is 1. The van der Waals surface area contributed by atoms with Gasteiger partial charge in [0.05, 0.1) is 20.1 Å². The third-order valence-electron chi connectivity index (χ3n) is 3.33. The molecule has 0 aliphatic carbocycles. The highest BCUT2D eigenvalue weighted by Gasteiger charge is 2.14. The second-order valence-electron chi connectivity index (χ2n) is 4.98. The molecule has 0 atom stereocenters. The van der Waals surface area contributed by atoms with Crippen molar-refractivity contribution in [1.82, 2.24) is 4.90 Å². The number of halogens is 1. The maximum atomic E-state index is 12.9. The van der Waals surface area contributed by atoms with E-state index >= 15 is 0 Å². The third kappa shape index (κ3) is 6.61. The van der Waals surface area contributed by atoms with E-state index in [0.29, 0.717) is 13.2 Å². The van der Waals surface area contributed by atoms with Crippen molar-refractivity contribution >= 4 is 17.4 Å². The highest BCUT2D eigenvalue weighted by molar-refractivity contribution is 5.95. The van der Waals surface area contributed by atoms with Crippen LogP contribution in [0.4, 0.5) is 4.39 Å². The highest BCUT2D eigenvalue weighted by Crippen LogP contribution is 2.14. The Morgan fingerprint density at radius 2 is 1.83 bits per heavy atom. The van der Waals surface area contributed by atoms with Gasteiger partial charge in [0.1, 0.15) is 5.82 Å². The van der Waals surface area contributed by atoms with Crippen molar-refractivity contribution in [3.63, 3.8) is 0 Å². The lowest BCUT2D eigenvalue weighted by atomic mass is 10.1. The zero-order valence-electron chi connectivity index (χ0n) is 13.7. The van der Waals surface area contributed by atoms with E-state index in [1.165, 1.54) is 30.2 Å². The average Bonchev–Trinajstić information content (AvgIpc) is 2.54. The molecule has 0 spiro atoms. The van der Waals surface area contributed by atoms with E-state index < -0.39 is 0 Å². The van der Waals surface area contributed by atoms with E-state index in [1.54, 1.807) is 26.2 Å². The Morgan fingerprint density at radius 3 is 2.39 bits per heavy atom. The number of benzene rings is 1. The van der Waals surface area contributed by atoms with Gasteiger partial charge in [-0.1, -0.05) is 12.1 Å². The fourth-order valence-corrected chi connectivity index (χ4v) is 1.93. The van der Waals surface area contributed by atoms with Crippen LogP contribution in [0.1, 0.15) is 18.9 Å². The maximum absolute atomic E-state index is 12.9. The van der Waals surface area contributed by atoms with E-state index in [4.69, 9.17) is 4.74 Å². The average molecular weight is 323 g/mol. The van der Waals surface area contributed by atoms with Gasteiger partial charge in [0.2, 0.25) is 5.91 Å². The van der Waals surface area contributed by atoms with Crippen LogP contribution in [0, 0.1) is 5.82 Å². The zero-order valence-corrected chi connectivity index (χ0v) is 13.7. The number of carbonyl (C=O) groups is 2. The van der Waals surface area contributed by atoms with Crippen LogP contribution >= 0.6 is 0 Å². The molecule has 0 fully saturated rings. The quantitative estimate of drug-likeness (QED) is 0.544. The van der Waals surface area contributed by atoms with Crippen LogP contribution in [0.25, 0.3) is 5.57 Å². The van der Waals surface area contributed by atoms with Crippen LogP contribution in [0.5, 0.6) is 0 Å². The van der Waals surface area contributed by atoms with Crippen molar-refractivity contribution in [2.45, 2.75) is 13.3 Å². The molecule has 0 aliphatic rings. The summed E-state index contributed by atoms with van der Waals surface area (Å²) in [7, 11) is 2.85. The number of methoxy groups -OCH3 is 2. The molecule has 0 aromatic heterocycles. The van der Waals surface area contributed by atoms with Gasteiger partial charge in [0, 0.05) is 26.3 Å². The van der Waals surface area contributed by atoms with Crippen LogP contribution in [-0.2, 0) is 19.1 Å². The largest absolute Gasteiger partial charge is 0.469 e. The fourth-order valence-electron chi connectivity index (χ4n) is 1.93. The summed E-state index contributed by atoms with van der Waals surface area (Å²) in [5, 5.41) is 0. The molecule has 0 bridgehead atoms. The molecule has 1 amide bonds. The first kappa shape index (κ1) is 18.8. The summed E-state index contributed by atoms with van der Waals surface area (Å²) >= 11 is 0. The summed E-state index contributed by atoms with van der Waals surface area (Å²) in [6.45, 7) is 2.78. The van der Waals surface area contributed by atoms with Gasteiger partial charge < -0.3 is 14.4 Å². The third-order valence-corrected chi connectivity index (χ3v) is 3.33. The predicted octanol–water partition coefficient (Wildman–Crippen LogP) is 2.27. The van der Waals surface area contributed by atoms with Crippen LogP contribution in [0.15, 0.2) is 30.3 Å². The van der Waals surface area contributed by atoms with E-state index in [9.17, 15) is 14.0 Å². The SMILES string of the molecule is COCCN(CCC(=O)OC)C(=O)/C=C(/C)c1ccc(F)cc1. The number of amides is 1. The van der Waals surface area contributed by atoms with Crippen molar-refractivity contribution in [1.29, 1.82) is 0 Å². The molecule has 0 N–H and O–H groups in total. The molecule has 0 saturated heterocycles. The Labute approximate surface area is 135 Å². The second-order valence-corrected chi connectivity index (χ2v) is 4.98. The van der Waals surface area contributed by atoms with Gasteiger partial charge in [-0.25, -0.2) is 4.39 Å². The van der Waals surface area contributed by atoms with E-state index in [0.717, 1.165) is 11.1 Å². The first-order valence-electron chi connectivity index (χ1n) is 7.26. The van der Waals surface area contributed by atoms with Gasteiger partial charge >= 0.3 is 5.97 Å². The highest BCUT2D eigenvalue weighted by atomic mass is 19.1. The first-order valence-corrected chi connectivity index (χ1v) is 7.26. The molecule has 1 rings (SSSR count). The topological polar surface area (TPSA) is 55.8 Å². The number of carbonyl (C=O) groups excluding carboxylic acids is 2. The van der Waals surface area contributed by atoms with E-state index in [-0.39, 0.29) is 30.7 Å². The van der Waals surface area contributed by atoms with Crippen LogP contribution in [0.2, 0.25) is 0 Å². The summed E-state index contributed by atoms with van der Waals surface area (Å²) in [6, 6.07) is 5.92. The van der Waals surface area contributed by atoms with E-state index in [2.05, 4.69) is 4.74 Å². The van der Waals surface area contributed by atoms with Gasteiger partial charge in [-0.2, -0.15) is 0 Å². The fraction of sp³-hybridized carbons (Fsp3) is 0.412. The lowest BCUT2D eigenvalue weighted by molar-refractivity contribution is -0.141. The van der Waals surface area contributed by atoms with Crippen LogP contribution in [0.3, 0.4) is 0 Å². The van der Waals surface area contributed by atoms with Crippen molar-refractivity contribution < 1.29 is 23.5 Å². The summed E-state index contributed by atoms with van der Waals surface area (Å²) in [5.74, 6) is -0.931. The standard InChI is InChI=1S/C17H22FNO4/c1-13(14-4-6-15(18)7-5-14)12-16(20)19(10-11-22-2)9-8-17(21)23-3/h4-7,12H,8-11H2,1-3H3/b13-12-. The van der Waals surface area contributed by atoms with Gasteiger partial charge in [-0.05, 0) is 30.2 Å². The summed E-state index contributed by atoms with van der Waals surface area (Å²) in [4.78, 5) is 25.1. The summed E-state index contributed by atoms with van der Waals surface area (Å²) < 4.78 is 22.5. The van der Waals surface area contributed by atoms with E-state index in [1.807, 2.05) is 0 Å². The molecule has 1 aromatic carbocycles. The Kier molecular flexibility index (Phi) is 7.97. The zero-order chi connectivity index (χ0) is 17.2. The maximum Gasteiger partial charge on any atom is 0.307 e. The van der Waals surface area contributed by atoms with Crippen molar-refractivity contribution in [2.75, 3.05) is 33.9 Å². The lowest BCUT2D eigenvalue weighted by Gasteiger charge is -2.20. The molecular formula is C17H22FNO4. The molecule has 0 saturated carbocycles.